The molecule has 1 aromatic carbocycles. The first-order valence-electron chi connectivity index (χ1n) is 8.55. The molecule has 1 aliphatic rings. The van der Waals surface area contributed by atoms with E-state index in [1.54, 1.807) is 0 Å². The van der Waals surface area contributed by atoms with Crippen LogP contribution in [0.15, 0.2) is 22.8 Å². The van der Waals surface area contributed by atoms with Crippen LogP contribution in [0.2, 0.25) is 0 Å². The minimum atomic E-state index is -0.902. The monoisotopic (exact) mass is 422 g/mol. The number of hydrogen-bond donors (Lipinski definition) is 1. The van der Waals surface area contributed by atoms with Gasteiger partial charge in [-0.3, -0.25) is 5.10 Å². The van der Waals surface area contributed by atoms with Gasteiger partial charge in [-0.1, -0.05) is 6.07 Å². The van der Waals surface area contributed by atoms with Crippen molar-refractivity contribution in [2.45, 2.75) is 45.3 Å². The molecule has 1 N–H and O–H groups in total. The molecule has 1 atom stereocenters. The molecule has 26 heavy (non-hydrogen) atoms. The van der Waals surface area contributed by atoms with Crippen molar-refractivity contribution < 1.29 is 19.0 Å². The molecule has 0 saturated carbocycles. The summed E-state index contributed by atoms with van der Waals surface area (Å²) in [5.41, 5.74) is 2.92. The average molecular weight is 423 g/mol. The van der Waals surface area contributed by atoms with Gasteiger partial charge in [-0.2, -0.15) is 5.10 Å². The van der Waals surface area contributed by atoms with Gasteiger partial charge < -0.3 is 14.2 Å². The Bertz CT molecular complexity index is 810. The first-order valence-corrected chi connectivity index (χ1v) is 9.35. The van der Waals surface area contributed by atoms with Crippen LogP contribution in [0.25, 0.3) is 11.1 Å². The molecule has 7 heteroatoms. The van der Waals surface area contributed by atoms with Crippen molar-refractivity contribution in [2.75, 3.05) is 13.7 Å². The van der Waals surface area contributed by atoms with Crippen LogP contribution >= 0.6 is 15.9 Å². The second-order valence-electron chi connectivity index (χ2n) is 7.21. The van der Waals surface area contributed by atoms with Crippen molar-refractivity contribution >= 4 is 21.9 Å². The standard InChI is InChI=1S/C19H23BrN2O4/c1-19(2,3)26-16(18(23)24-4)15-14(17(20)22-21-15)12-7-8-13-11(10-12)6-5-9-25-13/h7-8,10,16H,5-6,9H2,1-4H3,(H,21,22). The van der Waals surface area contributed by atoms with Gasteiger partial charge in [0.15, 0.2) is 6.10 Å². The molecule has 0 aliphatic carbocycles. The Morgan fingerprint density at radius 2 is 2.15 bits per heavy atom. The van der Waals surface area contributed by atoms with Gasteiger partial charge in [-0.25, -0.2) is 4.79 Å². The molecule has 2 aromatic rings. The van der Waals surface area contributed by atoms with Gasteiger partial charge in [0.2, 0.25) is 0 Å². The lowest BCUT2D eigenvalue weighted by Gasteiger charge is -2.26. The van der Waals surface area contributed by atoms with Crippen molar-refractivity contribution in [3.63, 3.8) is 0 Å². The summed E-state index contributed by atoms with van der Waals surface area (Å²) < 4.78 is 17.2. The van der Waals surface area contributed by atoms with E-state index in [4.69, 9.17) is 14.2 Å². The second kappa shape index (κ2) is 7.40. The highest BCUT2D eigenvalue weighted by molar-refractivity contribution is 9.10. The van der Waals surface area contributed by atoms with Gasteiger partial charge in [0, 0.05) is 5.56 Å². The largest absolute Gasteiger partial charge is 0.493 e. The lowest BCUT2D eigenvalue weighted by Crippen LogP contribution is -2.28. The Balaban J connectivity index is 2.06. The smallest absolute Gasteiger partial charge is 0.341 e. The highest BCUT2D eigenvalue weighted by Gasteiger charge is 2.33. The molecule has 0 bridgehead atoms. The molecule has 0 amide bonds. The molecule has 6 nitrogen and oxygen atoms in total. The number of halogens is 1. The fourth-order valence-corrected chi connectivity index (χ4v) is 3.53. The van der Waals surface area contributed by atoms with E-state index in [1.165, 1.54) is 7.11 Å². The number of carbonyl (C=O) groups is 1. The molecule has 0 saturated heterocycles. The van der Waals surface area contributed by atoms with Gasteiger partial charge in [0.1, 0.15) is 10.4 Å². The number of H-pyrrole nitrogens is 1. The van der Waals surface area contributed by atoms with Crippen LogP contribution in [0, 0.1) is 0 Å². The van der Waals surface area contributed by atoms with E-state index >= 15 is 0 Å². The average Bonchev–Trinajstić information content (AvgIpc) is 2.99. The predicted octanol–water partition coefficient (Wildman–Crippen LogP) is 4.19. The van der Waals surface area contributed by atoms with E-state index < -0.39 is 17.7 Å². The van der Waals surface area contributed by atoms with Crippen LogP contribution in [-0.4, -0.2) is 35.5 Å². The molecule has 2 heterocycles. The molecule has 0 radical (unpaired) electrons. The number of nitrogens with one attached hydrogen (secondary N) is 1. The van der Waals surface area contributed by atoms with E-state index in [1.807, 2.05) is 32.9 Å². The first kappa shape index (κ1) is 18.9. The maximum atomic E-state index is 12.4. The Kier molecular flexibility index (Phi) is 5.39. The number of ether oxygens (including phenoxy) is 3. The Morgan fingerprint density at radius 1 is 1.38 bits per heavy atom. The number of nitrogens with zero attached hydrogens (tertiary/aromatic N) is 1. The highest BCUT2D eigenvalue weighted by atomic mass is 79.9. The van der Waals surface area contributed by atoms with E-state index in [9.17, 15) is 4.79 Å². The third-order valence-electron chi connectivity index (χ3n) is 4.10. The van der Waals surface area contributed by atoms with Crippen molar-refractivity contribution in [1.82, 2.24) is 10.2 Å². The number of fused-ring (bicyclic) bond motifs is 1. The van der Waals surface area contributed by atoms with E-state index in [2.05, 4.69) is 32.2 Å². The van der Waals surface area contributed by atoms with E-state index in [0.717, 1.165) is 41.9 Å². The minimum Gasteiger partial charge on any atom is -0.493 e. The Labute approximate surface area is 161 Å². The summed E-state index contributed by atoms with van der Waals surface area (Å²) in [5.74, 6) is 0.440. The zero-order valence-corrected chi connectivity index (χ0v) is 17.0. The summed E-state index contributed by atoms with van der Waals surface area (Å²) in [6.45, 7) is 6.43. The summed E-state index contributed by atoms with van der Waals surface area (Å²) in [7, 11) is 1.35. The van der Waals surface area contributed by atoms with Gasteiger partial charge in [-0.05, 0) is 72.8 Å². The van der Waals surface area contributed by atoms with Crippen LogP contribution in [0.4, 0.5) is 0 Å². The zero-order valence-electron chi connectivity index (χ0n) is 15.4. The number of methoxy groups -OCH3 is 1. The van der Waals surface area contributed by atoms with E-state index in [0.29, 0.717) is 10.3 Å². The van der Waals surface area contributed by atoms with Crippen molar-refractivity contribution in [1.29, 1.82) is 0 Å². The molecule has 0 fully saturated rings. The van der Waals surface area contributed by atoms with Crippen LogP contribution in [-0.2, 0) is 20.7 Å². The number of aromatic nitrogens is 2. The number of esters is 1. The van der Waals surface area contributed by atoms with Gasteiger partial charge >= 0.3 is 5.97 Å². The molecular formula is C19H23BrN2O4. The number of hydrogen-bond acceptors (Lipinski definition) is 5. The lowest BCUT2D eigenvalue weighted by molar-refractivity contribution is -0.164. The van der Waals surface area contributed by atoms with Crippen LogP contribution < -0.4 is 4.74 Å². The highest BCUT2D eigenvalue weighted by Crippen LogP contribution is 2.38. The fraction of sp³-hybridized carbons (Fsp3) is 0.474. The predicted molar refractivity (Wildman–Crippen MR) is 101 cm³/mol. The van der Waals surface area contributed by atoms with Crippen molar-refractivity contribution in [3.8, 4) is 16.9 Å². The third kappa shape index (κ3) is 3.94. The van der Waals surface area contributed by atoms with Gasteiger partial charge in [0.25, 0.3) is 0 Å². The van der Waals surface area contributed by atoms with Gasteiger partial charge in [0.05, 0.1) is 25.0 Å². The number of aryl methyl sites for hydroxylation is 1. The Morgan fingerprint density at radius 3 is 2.85 bits per heavy atom. The SMILES string of the molecule is COC(=O)C(OC(C)(C)C)c1[nH]nc(Br)c1-c1ccc2c(c1)CCCO2. The number of benzene rings is 1. The molecule has 1 aromatic heterocycles. The minimum absolute atomic E-state index is 0.474. The van der Waals surface area contributed by atoms with Crippen molar-refractivity contribution in [2.24, 2.45) is 0 Å². The quantitative estimate of drug-likeness (QED) is 0.747. The van der Waals surface area contributed by atoms with E-state index in [-0.39, 0.29) is 0 Å². The second-order valence-corrected chi connectivity index (χ2v) is 7.96. The van der Waals surface area contributed by atoms with Crippen LogP contribution in [0.3, 0.4) is 0 Å². The lowest BCUT2D eigenvalue weighted by atomic mass is 9.97. The summed E-state index contributed by atoms with van der Waals surface area (Å²) in [6, 6.07) is 6.01. The summed E-state index contributed by atoms with van der Waals surface area (Å²) in [4.78, 5) is 12.4. The first-order chi connectivity index (χ1) is 12.3. The summed E-state index contributed by atoms with van der Waals surface area (Å²) in [5, 5.41) is 7.18. The Hall–Kier alpha value is -1.86. The summed E-state index contributed by atoms with van der Waals surface area (Å²) in [6.07, 6.45) is 1.06. The topological polar surface area (TPSA) is 73.4 Å². The number of carbonyl (C=O) groups excluding carboxylic acids is 1. The van der Waals surface area contributed by atoms with Crippen molar-refractivity contribution in [3.05, 3.63) is 34.1 Å². The maximum absolute atomic E-state index is 12.4. The van der Waals surface area contributed by atoms with Crippen LogP contribution in [0.5, 0.6) is 5.75 Å². The maximum Gasteiger partial charge on any atom is 0.341 e. The molecule has 0 spiro atoms. The van der Waals surface area contributed by atoms with Gasteiger partial charge in [-0.15, -0.1) is 0 Å². The number of aromatic amines is 1. The molecular weight excluding hydrogens is 400 g/mol. The third-order valence-corrected chi connectivity index (χ3v) is 4.67. The summed E-state index contributed by atoms with van der Waals surface area (Å²) >= 11 is 3.49. The number of rotatable bonds is 4. The molecule has 140 valence electrons. The molecule has 1 unspecified atom stereocenters. The molecule has 3 rings (SSSR count). The fourth-order valence-electron chi connectivity index (χ4n) is 3.00. The zero-order chi connectivity index (χ0) is 18.9. The normalized spacial score (nSPS) is 15.1. The molecule has 1 aliphatic heterocycles. The van der Waals surface area contributed by atoms with Crippen LogP contribution in [0.1, 0.15) is 44.6 Å².